The van der Waals surface area contributed by atoms with Crippen LogP contribution in [0.3, 0.4) is 0 Å². The second-order valence-corrected chi connectivity index (χ2v) is 9.49. The SMILES string of the molecule is CC(SC1=NN(c2ccccc2)C2=C(CCC2)S1)C(=O)Nc1nccs1. The van der Waals surface area contributed by atoms with Crippen LogP contribution in [0.5, 0.6) is 0 Å². The number of thioether (sulfide) groups is 2. The van der Waals surface area contributed by atoms with E-state index in [1.165, 1.54) is 33.7 Å². The molecule has 2 aliphatic rings. The number of hydrogen-bond acceptors (Lipinski definition) is 7. The summed E-state index contributed by atoms with van der Waals surface area (Å²) in [5, 5.41) is 12.0. The summed E-state index contributed by atoms with van der Waals surface area (Å²) < 4.78 is 0.913. The van der Waals surface area contributed by atoms with Crippen molar-refractivity contribution in [2.24, 2.45) is 5.10 Å². The Kier molecular flexibility index (Phi) is 5.33. The lowest BCUT2D eigenvalue weighted by atomic mass is 10.3. The minimum absolute atomic E-state index is 0.0503. The minimum Gasteiger partial charge on any atom is -0.301 e. The molecule has 1 aromatic carbocycles. The van der Waals surface area contributed by atoms with Crippen LogP contribution < -0.4 is 10.3 Å². The number of hydrogen-bond donors (Lipinski definition) is 1. The van der Waals surface area contributed by atoms with Gasteiger partial charge in [-0.15, -0.1) is 11.3 Å². The number of amides is 1. The Balaban J connectivity index is 1.50. The first-order chi connectivity index (χ1) is 12.7. The molecule has 26 heavy (non-hydrogen) atoms. The van der Waals surface area contributed by atoms with Gasteiger partial charge in [0.1, 0.15) is 0 Å². The third-order valence-corrected chi connectivity index (χ3v) is 7.12. The van der Waals surface area contributed by atoms with Crippen LogP contribution in [0.25, 0.3) is 0 Å². The van der Waals surface area contributed by atoms with Crippen molar-refractivity contribution in [3.05, 3.63) is 52.5 Å². The molecule has 1 unspecified atom stereocenters. The lowest BCUT2D eigenvalue weighted by Gasteiger charge is -2.27. The van der Waals surface area contributed by atoms with Crippen LogP contribution >= 0.6 is 34.9 Å². The Labute approximate surface area is 165 Å². The molecule has 0 fully saturated rings. The maximum Gasteiger partial charge on any atom is 0.239 e. The Bertz CT molecular complexity index is 849. The highest BCUT2D eigenvalue weighted by atomic mass is 32.2. The van der Waals surface area contributed by atoms with Gasteiger partial charge in [-0.3, -0.25) is 4.79 Å². The zero-order valence-corrected chi connectivity index (χ0v) is 16.7. The van der Waals surface area contributed by atoms with Crippen molar-refractivity contribution < 1.29 is 4.79 Å². The first kappa shape index (κ1) is 17.6. The number of anilines is 2. The highest BCUT2D eigenvalue weighted by Crippen LogP contribution is 2.44. The van der Waals surface area contributed by atoms with Gasteiger partial charge in [0.2, 0.25) is 5.91 Å². The topological polar surface area (TPSA) is 57.6 Å². The van der Waals surface area contributed by atoms with Crippen LogP contribution in [0.2, 0.25) is 0 Å². The molecular formula is C18H18N4OS3. The van der Waals surface area contributed by atoms with Gasteiger partial charge in [-0.2, -0.15) is 5.10 Å². The van der Waals surface area contributed by atoms with E-state index < -0.39 is 0 Å². The Morgan fingerprint density at radius 3 is 2.92 bits per heavy atom. The number of aromatic nitrogens is 1. The molecule has 0 radical (unpaired) electrons. The van der Waals surface area contributed by atoms with Crippen molar-refractivity contribution in [1.82, 2.24) is 4.98 Å². The predicted molar refractivity (Wildman–Crippen MR) is 113 cm³/mol. The largest absolute Gasteiger partial charge is 0.301 e. The van der Waals surface area contributed by atoms with Crippen molar-refractivity contribution in [2.45, 2.75) is 31.4 Å². The van der Waals surface area contributed by atoms with Crippen molar-refractivity contribution >= 4 is 56.0 Å². The van der Waals surface area contributed by atoms with Crippen LogP contribution in [0, 0.1) is 0 Å². The molecule has 0 bridgehead atoms. The molecule has 1 aromatic heterocycles. The van der Waals surface area contributed by atoms with E-state index in [4.69, 9.17) is 5.10 Å². The van der Waals surface area contributed by atoms with Crippen LogP contribution in [-0.4, -0.2) is 20.5 Å². The molecule has 1 atom stereocenters. The van der Waals surface area contributed by atoms with Gasteiger partial charge in [0.05, 0.1) is 16.6 Å². The predicted octanol–water partition coefficient (Wildman–Crippen LogP) is 5.12. The minimum atomic E-state index is -0.244. The lowest BCUT2D eigenvalue weighted by Crippen LogP contribution is -2.25. The highest BCUT2D eigenvalue weighted by Gasteiger charge is 2.29. The number of nitrogens with zero attached hydrogens (tertiary/aromatic N) is 3. The maximum atomic E-state index is 12.4. The van der Waals surface area contributed by atoms with E-state index in [1.807, 2.05) is 35.5 Å². The first-order valence-electron chi connectivity index (χ1n) is 8.41. The summed E-state index contributed by atoms with van der Waals surface area (Å²) in [5.74, 6) is -0.0503. The standard InChI is InChI=1S/C18H18N4OS3/c1-12(16(23)20-17-19-10-11-24-17)25-18-21-22(13-6-3-2-4-7-13)14-8-5-9-15(14)26-18/h2-4,6-7,10-12H,5,8-9H2,1H3,(H,19,20,23). The van der Waals surface area contributed by atoms with Crippen LogP contribution in [0.4, 0.5) is 10.8 Å². The number of para-hydroxylation sites is 1. The molecule has 0 saturated heterocycles. The van der Waals surface area contributed by atoms with Crippen LogP contribution in [-0.2, 0) is 4.79 Å². The molecule has 2 heterocycles. The molecule has 1 amide bonds. The second kappa shape index (κ2) is 7.85. The van der Waals surface area contributed by atoms with E-state index >= 15 is 0 Å². The first-order valence-corrected chi connectivity index (χ1v) is 11.0. The molecule has 8 heteroatoms. The molecule has 4 rings (SSSR count). The van der Waals surface area contributed by atoms with Gasteiger partial charge in [-0.1, -0.05) is 41.7 Å². The number of thiazole rings is 1. The second-order valence-electron chi connectivity index (χ2n) is 5.93. The normalized spacial score (nSPS) is 17.7. The van der Waals surface area contributed by atoms with E-state index in [0.29, 0.717) is 5.13 Å². The molecule has 1 aliphatic carbocycles. The van der Waals surface area contributed by atoms with E-state index in [2.05, 4.69) is 22.4 Å². The average Bonchev–Trinajstić information content (AvgIpc) is 3.33. The van der Waals surface area contributed by atoms with Gasteiger partial charge in [-0.25, -0.2) is 9.99 Å². The quantitative estimate of drug-likeness (QED) is 0.769. The van der Waals surface area contributed by atoms with E-state index in [9.17, 15) is 4.79 Å². The number of hydrazone groups is 1. The fourth-order valence-corrected chi connectivity index (χ4v) is 5.77. The van der Waals surface area contributed by atoms with Gasteiger partial charge in [0.15, 0.2) is 9.51 Å². The summed E-state index contributed by atoms with van der Waals surface area (Å²) in [6.45, 7) is 1.90. The van der Waals surface area contributed by atoms with Gasteiger partial charge in [0, 0.05) is 16.5 Å². The zero-order valence-electron chi connectivity index (χ0n) is 14.2. The number of rotatable bonds is 4. The summed E-state index contributed by atoms with van der Waals surface area (Å²) in [7, 11) is 0. The average molecular weight is 403 g/mol. The molecule has 5 nitrogen and oxygen atoms in total. The van der Waals surface area contributed by atoms with E-state index in [0.717, 1.165) is 29.3 Å². The van der Waals surface area contributed by atoms with Crippen LogP contribution in [0.15, 0.2) is 57.6 Å². The van der Waals surface area contributed by atoms with Crippen LogP contribution in [0.1, 0.15) is 26.2 Å². The van der Waals surface area contributed by atoms with Crippen molar-refractivity contribution in [3.63, 3.8) is 0 Å². The molecule has 2 aromatic rings. The fourth-order valence-electron chi connectivity index (χ4n) is 2.83. The Morgan fingerprint density at radius 1 is 1.31 bits per heavy atom. The third-order valence-electron chi connectivity index (χ3n) is 4.10. The summed E-state index contributed by atoms with van der Waals surface area (Å²) in [6.07, 6.45) is 4.99. The lowest BCUT2D eigenvalue weighted by molar-refractivity contribution is -0.115. The summed E-state index contributed by atoms with van der Waals surface area (Å²) in [4.78, 5) is 17.9. The molecule has 0 saturated carbocycles. The van der Waals surface area contributed by atoms with Gasteiger partial charge in [-0.05, 0) is 38.3 Å². The third kappa shape index (κ3) is 3.82. The zero-order chi connectivity index (χ0) is 17.9. The molecular weight excluding hydrogens is 384 g/mol. The Morgan fingerprint density at radius 2 is 2.15 bits per heavy atom. The number of allylic oxidation sites excluding steroid dienone is 2. The summed E-state index contributed by atoms with van der Waals surface area (Å²) in [5.41, 5.74) is 2.37. The number of nitrogens with one attached hydrogen (secondary N) is 1. The molecule has 134 valence electrons. The van der Waals surface area contributed by atoms with Gasteiger partial charge in [0.25, 0.3) is 0 Å². The monoisotopic (exact) mass is 402 g/mol. The van der Waals surface area contributed by atoms with Crippen molar-refractivity contribution in [1.29, 1.82) is 0 Å². The number of carbonyl (C=O) groups excluding carboxylic acids is 1. The number of carbonyl (C=O) groups is 1. The van der Waals surface area contributed by atoms with Crippen molar-refractivity contribution in [3.8, 4) is 0 Å². The molecule has 1 N–H and O–H groups in total. The summed E-state index contributed by atoms with van der Waals surface area (Å²) in [6, 6.07) is 10.2. The van der Waals surface area contributed by atoms with Gasteiger partial charge >= 0.3 is 0 Å². The maximum absolute atomic E-state index is 12.4. The smallest absolute Gasteiger partial charge is 0.239 e. The van der Waals surface area contributed by atoms with E-state index in [1.54, 1.807) is 18.0 Å². The number of benzene rings is 1. The van der Waals surface area contributed by atoms with Crippen molar-refractivity contribution in [2.75, 3.05) is 10.3 Å². The van der Waals surface area contributed by atoms with E-state index in [-0.39, 0.29) is 11.2 Å². The summed E-state index contributed by atoms with van der Waals surface area (Å²) >= 11 is 4.63. The highest BCUT2D eigenvalue weighted by molar-refractivity contribution is 8.40. The molecule has 0 spiro atoms. The fraction of sp³-hybridized carbons (Fsp3) is 0.278. The molecule has 1 aliphatic heterocycles. The Hall–Kier alpha value is -1.77. The van der Waals surface area contributed by atoms with Gasteiger partial charge < -0.3 is 5.32 Å².